The molecule has 0 spiro atoms. The summed E-state index contributed by atoms with van der Waals surface area (Å²) >= 11 is 0. The molecule has 90 valence electrons. The van der Waals surface area contributed by atoms with Crippen molar-refractivity contribution in [3.8, 4) is 0 Å². The molecule has 0 aromatic carbocycles. The van der Waals surface area contributed by atoms with Crippen LogP contribution < -0.4 is 10.6 Å². The maximum absolute atomic E-state index is 11.5. The maximum atomic E-state index is 11.5. The fraction of sp³-hybridized carbons (Fsp3) is 1.00. The largest absolute Gasteiger partial charge is 0.315 e. The highest BCUT2D eigenvalue weighted by Gasteiger charge is 2.19. The second kappa shape index (κ2) is 5.79. The van der Waals surface area contributed by atoms with Crippen LogP contribution in [0, 0.1) is 5.92 Å². The average Bonchev–Trinajstić information content (AvgIpc) is 2.13. The molecule has 5 nitrogen and oxygen atoms in total. The van der Waals surface area contributed by atoms with Crippen LogP contribution in [-0.2, 0) is 10.0 Å². The molecule has 1 aliphatic rings. The molecule has 6 heteroatoms. The van der Waals surface area contributed by atoms with Crippen LogP contribution in [0.1, 0.15) is 6.92 Å². The maximum Gasteiger partial charge on any atom is 0.211 e. The summed E-state index contributed by atoms with van der Waals surface area (Å²) in [5.41, 5.74) is 0. The van der Waals surface area contributed by atoms with Gasteiger partial charge in [0.2, 0.25) is 10.0 Å². The minimum absolute atomic E-state index is 0.359. The monoisotopic (exact) mass is 235 g/mol. The quantitative estimate of drug-likeness (QED) is 0.617. The van der Waals surface area contributed by atoms with E-state index in [0.717, 1.165) is 26.2 Å². The molecule has 1 saturated heterocycles. The van der Waals surface area contributed by atoms with E-state index in [-0.39, 0.29) is 0 Å². The van der Waals surface area contributed by atoms with E-state index in [1.807, 2.05) is 0 Å². The number of nitrogens with zero attached hydrogens (tertiary/aromatic N) is 1. The molecule has 0 saturated carbocycles. The molecule has 1 rings (SSSR count). The molecule has 2 N–H and O–H groups in total. The van der Waals surface area contributed by atoms with Gasteiger partial charge < -0.3 is 10.6 Å². The third kappa shape index (κ3) is 4.92. The van der Waals surface area contributed by atoms with E-state index in [0.29, 0.717) is 19.0 Å². The van der Waals surface area contributed by atoms with Crippen LogP contribution in [0.2, 0.25) is 0 Å². The van der Waals surface area contributed by atoms with Crippen molar-refractivity contribution in [1.82, 2.24) is 14.9 Å². The molecular formula is C9H21N3O2S. The topological polar surface area (TPSA) is 61.4 Å². The molecule has 0 amide bonds. The molecule has 0 aromatic rings. The third-order valence-electron chi connectivity index (χ3n) is 2.49. The van der Waals surface area contributed by atoms with Gasteiger partial charge in [0, 0.05) is 32.7 Å². The Balaban J connectivity index is 2.58. The summed E-state index contributed by atoms with van der Waals surface area (Å²) < 4.78 is 24.5. The molecule has 15 heavy (non-hydrogen) atoms. The average molecular weight is 235 g/mol. The Bertz CT molecular complexity index is 279. The van der Waals surface area contributed by atoms with Gasteiger partial charge in [-0.15, -0.1) is 0 Å². The summed E-state index contributed by atoms with van der Waals surface area (Å²) in [4.78, 5) is 0. The van der Waals surface area contributed by atoms with Crippen molar-refractivity contribution in [3.63, 3.8) is 0 Å². The summed E-state index contributed by atoms with van der Waals surface area (Å²) in [5, 5.41) is 6.50. The first kappa shape index (κ1) is 12.9. The lowest BCUT2D eigenvalue weighted by molar-refractivity contribution is 0.335. The molecular weight excluding hydrogens is 214 g/mol. The van der Waals surface area contributed by atoms with Crippen LogP contribution in [0.15, 0.2) is 0 Å². The van der Waals surface area contributed by atoms with E-state index in [9.17, 15) is 8.42 Å². The molecule has 0 bridgehead atoms. The first-order chi connectivity index (χ1) is 7.00. The molecule has 1 heterocycles. The summed E-state index contributed by atoms with van der Waals surface area (Å²) in [5.74, 6) is 0.359. The fourth-order valence-corrected chi connectivity index (χ4v) is 2.61. The minimum Gasteiger partial charge on any atom is -0.315 e. The van der Waals surface area contributed by atoms with Crippen molar-refractivity contribution in [3.05, 3.63) is 0 Å². The fourth-order valence-electron chi connectivity index (χ4n) is 1.66. The predicted octanol–water partition coefficient (Wildman–Crippen LogP) is -0.923. The number of rotatable bonds is 1. The SMILES string of the molecule is CC1CNCCNCCN(S(C)(=O)=O)C1. The Morgan fingerprint density at radius 1 is 1.20 bits per heavy atom. The standard InChI is InChI=1S/C9H21N3O2S/c1-9-7-11-4-3-10-5-6-12(8-9)15(2,13)14/h9-11H,3-8H2,1-2H3. The predicted molar refractivity (Wildman–Crippen MR) is 61.3 cm³/mol. The Labute approximate surface area is 92.3 Å². The van der Waals surface area contributed by atoms with E-state index in [1.54, 1.807) is 4.31 Å². The highest BCUT2D eigenvalue weighted by atomic mass is 32.2. The van der Waals surface area contributed by atoms with Gasteiger partial charge in [0.05, 0.1) is 6.26 Å². The van der Waals surface area contributed by atoms with Crippen molar-refractivity contribution >= 4 is 10.0 Å². The third-order valence-corrected chi connectivity index (χ3v) is 3.76. The van der Waals surface area contributed by atoms with Crippen molar-refractivity contribution in [1.29, 1.82) is 0 Å². The Morgan fingerprint density at radius 3 is 2.53 bits per heavy atom. The van der Waals surface area contributed by atoms with Gasteiger partial charge >= 0.3 is 0 Å². The zero-order valence-corrected chi connectivity index (χ0v) is 10.3. The van der Waals surface area contributed by atoms with Crippen LogP contribution in [-0.4, -0.2) is 58.2 Å². The van der Waals surface area contributed by atoms with Crippen molar-refractivity contribution in [2.24, 2.45) is 5.92 Å². The first-order valence-corrected chi connectivity index (χ1v) is 7.21. The molecule has 0 aromatic heterocycles. The van der Waals surface area contributed by atoms with E-state index in [2.05, 4.69) is 17.6 Å². The lowest BCUT2D eigenvalue weighted by Gasteiger charge is -2.25. The summed E-state index contributed by atoms with van der Waals surface area (Å²) in [7, 11) is -3.06. The first-order valence-electron chi connectivity index (χ1n) is 5.36. The molecule has 1 aliphatic heterocycles. The second-order valence-corrected chi connectivity index (χ2v) is 6.16. The van der Waals surface area contributed by atoms with Crippen molar-refractivity contribution in [2.45, 2.75) is 6.92 Å². The molecule has 1 fully saturated rings. The summed E-state index contributed by atoms with van der Waals surface area (Å²) in [6, 6.07) is 0. The van der Waals surface area contributed by atoms with Crippen molar-refractivity contribution in [2.75, 3.05) is 45.5 Å². The Hall–Kier alpha value is -0.170. The number of sulfonamides is 1. The van der Waals surface area contributed by atoms with E-state index in [1.165, 1.54) is 6.26 Å². The molecule has 1 unspecified atom stereocenters. The zero-order valence-electron chi connectivity index (χ0n) is 9.49. The van der Waals surface area contributed by atoms with Gasteiger partial charge in [-0.25, -0.2) is 12.7 Å². The van der Waals surface area contributed by atoms with E-state index < -0.39 is 10.0 Å². The van der Waals surface area contributed by atoms with Crippen LogP contribution in [0.4, 0.5) is 0 Å². The highest BCUT2D eigenvalue weighted by molar-refractivity contribution is 7.88. The highest BCUT2D eigenvalue weighted by Crippen LogP contribution is 2.04. The van der Waals surface area contributed by atoms with E-state index >= 15 is 0 Å². The molecule has 0 radical (unpaired) electrons. The number of hydrogen-bond donors (Lipinski definition) is 2. The lowest BCUT2D eigenvalue weighted by atomic mass is 10.2. The smallest absolute Gasteiger partial charge is 0.211 e. The van der Waals surface area contributed by atoms with Gasteiger partial charge in [-0.2, -0.15) is 0 Å². The zero-order chi connectivity index (χ0) is 11.3. The lowest BCUT2D eigenvalue weighted by Crippen LogP contribution is -2.44. The van der Waals surface area contributed by atoms with Gasteiger partial charge in [-0.1, -0.05) is 6.92 Å². The van der Waals surface area contributed by atoms with E-state index in [4.69, 9.17) is 0 Å². The molecule has 0 aliphatic carbocycles. The minimum atomic E-state index is -3.06. The van der Waals surface area contributed by atoms with Gasteiger partial charge in [0.15, 0.2) is 0 Å². The van der Waals surface area contributed by atoms with Gasteiger partial charge in [0.1, 0.15) is 0 Å². The number of hydrogen-bond acceptors (Lipinski definition) is 4. The van der Waals surface area contributed by atoms with Gasteiger partial charge in [0.25, 0.3) is 0 Å². The Morgan fingerprint density at radius 2 is 1.87 bits per heavy atom. The molecule has 1 atom stereocenters. The van der Waals surface area contributed by atoms with Crippen LogP contribution >= 0.6 is 0 Å². The van der Waals surface area contributed by atoms with Crippen molar-refractivity contribution < 1.29 is 8.42 Å². The van der Waals surface area contributed by atoms with Gasteiger partial charge in [-0.3, -0.25) is 0 Å². The summed E-state index contributed by atoms with van der Waals surface area (Å²) in [6.45, 7) is 6.68. The number of nitrogens with one attached hydrogen (secondary N) is 2. The normalized spacial score (nSPS) is 27.5. The van der Waals surface area contributed by atoms with Crippen LogP contribution in [0.25, 0.3) is 0 Å². The second-order valence-electron chi connectivity index (χ2n) is 4.18. The van der Waals surface area contributed by atoms with Gasteiger partial charge in [-0.05, 0) is 12.5 Å². The summed E-state index contributed by atoms with van der Waals surface area (Å²) in [6.07, 6.45) is 1.28. The van der Waals surface area contributed by atoms with Crippen LogP contribution in [0.3, 0.4) is 0 Å². The Kier molecular flexibility index (Phi) is 4.98. The van der Waals surface area contributed by atoms with Crippen LogP contribution in [0.5, 0.6) is 0 Å².